The van der Waals surface area contributed by atoms with Crippen LogP contribution in [0.4, 0.5) is 0 Å². The molecule has 1 aromatic heterocycles. The van der Waals surface area contributed by atoms with E-state index in [0.29, 0.717) is 5.52 Å². The Kier molecular flexibility index (Phi) is 7.97. The standard InChI is InChI=1S/C50H33B5N2/c1-48(2)41-16-8-7-11-35(41)36-28-25-33(29-42(36)48)46-39-14-5-3-12-37(39)45(38-13-4-6-15-40(38)46)32-21-19-30(20-22-32)31-23-26-34(27-24-31)57-44-18-10-9-17-43(44)56-47(57)49(51,52)50(53,54)55/h3-29H,1-2H3. The summed E-state index contributed by atoms with van der Waals surface area (Å²) < 4.78 is 1.87. The van der Waals surface area contributed by atoms with Crippen LogP contribution in [0.2, 0.25) is 5.11 Å². The van der Waals surface area contributed by atoms with Crippen LogP contribution >= 0.6 is 0 Å². The van der Waals surface area contributed by atoms with Crippen LogP contribution in [0.15, 0.2) is 164 Å². The Morgan fingerprint density at radius 3 is 1.56 bits per heavy atom. The Labute approximate surface area is 340 Å². The molecular formula is C50H33B5N2. The SMILES string of the molecule is [B]C([B])([B])C([B])([B])c1nc2ccccc2n1-c1ccc(-c2ccc(-c3c4ccccc4c(-c4ccc5c(c4)C(C)(C)c4ccccc4-5)c4ccccc34)cc2)cc1. The molecule has 0 bridgehead atoms. The summed E-state index contributed by atoms with van der Waals surface area (Å²) in [6.45, 7) is 4.69. The summed E-state index contributed by atoms with van der Waals surface area (Å²) in [6, 6.07) is 58.2. The van der Waals surface area contributed by atoms with Crippen molar-refractivity contribution in [3.05, 3.63) is 181 Å². The summed E-state index contributed by atoms with van der Waals surface area (Å²) in [5, 5.41) is 1.18. The van der Waals surface area contributed by atoms with Crippen LogP contribution in [0.1, 0.15) is 30.8 Å². The summed E-state index contributed by atoms with van der Waals surface area (Å²) >= 11 is 0. The zero-order valence-corrected chi connectivity index (χ0v) is 31.9. The van der Waals surface area contributed by atoms with Gasteiger partial charge in [0.15, 0.2) is 0 Å². The molecule has 0 amide bonds. The maximum Gasteiger partial charge on any atom is 0.101 e. The highest BCUT2D eigenvalue weighted by Gasteiger charge is 2.37. The highest BCUT2D eigenvalue weighted by molar-refractivity contribution is 6.67. The predicted molar refractivity (Wildman–Crippen MR) is 243 cm³/mol. The summed E-state index contributed by atoms with van der Waals surface area (Å²) in [6.07, 6.45) is 0. The van der Waals surface area contributed by atoms with Gasteiger partial charge in [0, 0.05) is 11.1 Å². The normalized spacial score (nSPS) is 13.6. The van der Waals surface area contributed by atoms with Crippen LogP contribution in [0.25, 0.3) is 82.8 Å². The smallest absolute Gasteiger partial charge is 0.101 e. The number of benzene rings is 8. The van der Waals surface area contributed by atoms with Gasteiger partial charge in [0.05, 0.1) is 50.3 Å². The number of fused-ring (bicyclic) bond motifs is 6. The molecule has 1 aliphatic carbocycles. The molecule has 0 fully saturated rings. The van der Waals surface area contributed by atoms with Crippen LogP contribution < -0.4 is 0 Å². The van der Waals surface area contributed by atoms with Crippen molar-refractivity contribution in [3.63, 3.8) is 0 Å². The molecule has 1 aliphatic rings. The summed E-state index contributed by atoms with van der Waals surface area (Å²) in [4.78, 5) is 4.71. The van der Waals surface area contributed by atoms with E-state index < -0.39 is 10.3 Å². The van der Waals surface area contributed by atoms with Gasteiger partial charge < -0.3 is 0 Å². The predicted octanol–water partition coefficient (Wildman–Crippen LogP) is 10.7. The molecule has 258 valence electrons. The minimum absolute atomic E-state index is 0.0836. The van der Waals surface area contributed by atoms with Crippen LogP contribution in [-0.2, 0) is 10.6 Å². The maximum atomic E-state index is 6.47. The van der Waals surface area contributed by atoms with Crippen molar-refractivity contribution in [3.8, 4) is 50.2 Å². The van der Waals surface area contributed by atoms with Gasteiger partial charge in [0.25, 0.3) is 0 Å². The first-order chi connectivity index (χ1) is 27.4. The third-order valence-electron chi connectivity index (χ3n) is 12.1. The van der Waals surface area contributed by atoms with E-state index in [4.69, 9.17) is 44.2 Å². The molecule has 9 aromatic rings. The minimum atomic E-state index is -1.92. The lowest BCUT2D eigenvalue weighted by Gasteiger charge is -2.41. The monoisotopic (exact) mass is 716 g/mol. The van der Waals surface area contributed by atoms with E-state index in [-0.39, 0.29) is 11.2 Å². The van der Waals surface area contributed by atoms with Gasteiger partial charge in [-0.05, 0) is 108 Å². The number of rotatable bonds is 6. The lowest BCUT2D eigenvalue weighted by molar-refractivity contribution is 0.660. The second kappa shape index (κ2) is 12.8. The molecule has 0 saturated carbocycles. The first-order valence-corrected chi connectivity index (χ1v) is 19.3. The number of nitrogens with zero attached hydrogens (tertiary/aromatic N) is 2. The van der Waals surface area contributed by atoms with Crippen LogP contribution in [0.3, 0.4) is 0 Å². The fourth-order valence-corrected chi connectivity index (χ4v) is 9.00. The van der Waals surface area contributed by atoms with Gasteiger partial charge in [-0.1, -0.05) is 153 Å². The number of aromatic nitrogens is 2. The summed E-state index contributed by atoms with van der Waals surface area (Å²) in [5.74, 6) is 0.268. The first-order valence-electron chi connectivity index (χ1n) is 19.3. The summed E-state index contributed by atoms with van der Waals surface area (Å²) in [7, 11) is 31.1. The second-order valence-corrected chi connectivity index (χ2v) is 16.0. The van der Waals surface area contributed by atoms with Crippen molar-refractivity contribution >= 4 is 71.8 Å². The molecule has 0 spiro atoms. The van der Waals surface area contributed by atoms with Crippen LogP contribution in [0.5, 0.6) is 0 Å². The molecule has 0 saturated heterocycles. The zero-order chi connectivity index (χ0) is 39.3. The third-order valence-corrected chi connectivity index (χ3v) is 12.1. The largest absolute Gasteiger partial charge is 0.297 e. The van der Waals surface area contributed by atoms with Gasteiger partial charge in [-0.25, -0.2) is 4.98 Å². The molecule has 10 rings (SSSR count). The second-order valence-electron chi connectivity index (χ2n) is 16.0. The lowest BCUT2D eigenvalue weighted by atomic mass is 9.23. The molecule has 2 nitrogen and oxygen atoms in total. The van der Waals surface area contributed by atoms with E-state index in [1.807, 2.05) is 41.0 Å². The van der Waals surface area contributed by atoms with E-state index >= 15 is 0 Å². The van der Waals surface area contributed by atoms with Gasteiger partial charge in [-0.3, -0.25) is 4.57 Å². The highest BCUT2D eigenvalue weighted by Crippen LogP contribution is 2.51. The molecule has 1 heterocycles. The van der Waals surface area contributed by atoms with E-state index in [1.165, 1.54) is 60.5 Å². The van der Waals surface area contributed by atoms with Crippen molar-refractivity contribution in [2.75, 3.05) is 0 Å². The van der Waals surface area contributed by atoms with Crippen molar-refractivity contribution in [2.45, 2.75) is 29.6 Å². The average Bonchev–Trinajstić information content (AvgIpc) is 3.73. The van der Waals surface area contributed by atoms with E-state index in [2.05, 4.69) is 141 Å². The third kappa shape index (κ3) is 5.42. The van der Waals surface area contributed by atoms with Crippen LogP contribution in [-0.4, -0.2) is 48.8 Å². The van der Waals surface area contributed by atoms with E-state index in [0.717, 1.165) is 27.9 Å². The van der Waals surface area contributed by atoms with Crippen molar-refractivity contribution in [2.24, 2.45) is 0 Å². The van der Waals surface area contributed by atoms with Crippen molar-refractivity contribution < 1.29 is 0 Å². The Bertz CT molecular complexity index is 2990. The quantitative estimate of drug-likeness (QED) is 0.124. The molecule has 0 N–H and O–H groups in total. The minimum Gasteiger partial charge on any atom is -0.297 e. The van der Waals surface area contributed by atoms with Gasteiger partial charge in [-0.15, -0.1) is 5.11 Å². The maximum absolute atomic E-state index is 6.47. The number of imidazole rings is 1. The molecule has 0 aliphatic heterocycles. The van der Waals surface area contributed by atoms with Gasteiger partial charge in [0.2, 0.25) is 0 Å². The fourth-order valence-electron chi connectivity index (χ4n) is 9.00. The van der Waals surface area contributed by atoms with Gasteiger partial charge >= 0.3 is 0 Å². The summed E-state index contributed by atoms with van der Waals surface area (Å²) in [5.41, 5.74) is 14.7. The van der Waals surface area contributed by atoms with Crippen molar-refractivity contribution in [1.82, 2.24) is 9.55 Å². The topological polar surface area (TPSA) is 17.8 Å². The molecule has 8 aromatic carbocycles. The zero-order valence-electron chi connectivity index (χ0n) is 31.9. The van der Waals surface area contributed by atoms with E-state index in [9.17, 15) is 0 Å². The molecule has 7 heteroatoms. The van der Waals surface area contributed by atoms with E-state index in [1.54, 1.807) is 0 Å². The van der Waals surface area contributed by atoms with Gasteiger partial charge in [-0.2, -0.15) is 0 Å². The molecule has 57 heavy (non-hydrogen) atoms. The first kappa shape index (κ1) is 35.5. The number of hydrogen-bond acceptors (Lipinski definition) is 1. The Morgan fingerprint density at radius 2 is 0.947 bits per heavy atom. The van der Waals surface area contributed by atoms with Gasteiger partial charge in [0.1, 0.15) is 5.82 Å². The number of hydrogen-bond donors (Lipinski definition) is 0. The molecule has 0 atom stereocenters. The van der Waals surface area contributed by atoms with Crippen LogP contribution in [0, 0.1) is 0 Å². The highest BCUT2D eigenvalue weighted by atomic mass is 15.1. The molecule has 10 radical (unpaired) electrons. The lowest BCUT2D eigenvalue weighted by Crippen LogP contribution is -2.45. The molecular weight excluding hydrogens is 683 g/mol. The Balaban J connectivity index is 1.05. The van der Waals surface area contributed by atoms with Crippen molar-refractivity contribution in [1.29, 1.82) is 0 Å². The Hall–Kier alpha value is -5.93. The molecule has 0 unspecified atom stereocenters. The number of para-hydroxylation sites is 2. The average molecular weight is 716 g/mol. The fraction of sp³-hybridized carbons (Fsp3) is 0.100. The Morgan fingerprint density at radius 1 is 0.474 bits per heavy atom.